The number of nitrogens with one attached hydrogen (secondary N) is 2. The van der Waals surface area contributed by atoms with Gasteiger partial charge in [-0.25, -0.2) is 8.42 Å². The molecule has 146 valence electrons. The van der Waals surface area contributed by atoms with Crippen LogP contribution in [0.4, 0.5) is 5.69 Å². The van der Waals surface area contributed by atoms with Gasteiger partial charge in [-0.1, -0.05) is 42.5 Å². The summed E-state index contributed by atoms with van der Waals surface area (Å²) in [7, 11) is -3.33. The molecule has 0 bridgehead atoms. The lowest BCUT2D eigenvalue weighted by Gasteiger charge is -2.08. The summed E-state index contributed by atoms with van der Waals surface area (Å²) >= 11 is 0. The van der Waals surface area contributed by atoms with Crippen LogP contribution in [0.1, 0.15) is 17.7 Å². The van der Waals surface area contributed by atoms with Gasteiger partial charge in [-0.15, -0.1) is 0 Å². The molecule has 0 aliphatic heterocycles. The topological polar surface area (TPSA) is 88.4 Å². The Balaban J connectivity index is 1.49. The number of carbonyl (C=O) groups is 1. The highest BCUT2D eigenvalue weighted by molar-refractivity contribution is 7.92. The van der Waals surface area contributed by atoms with Crippen molar-refractivity contribution in [3.05, 3.63) is 78.1 Å². The molecule has 28 heavy (non-hydrogen) atoms. The highest BCUT2D eigenvalue weighted by Gasteiger charge is 2.08. The zero-order valence-corrected chi connectivity index (χ0v) is 16.3. The molecule has 0 aliphatic carbocycles. The molecule has 3 rings (SSSR count). The molecular weight excluding hydrogens is 376 g/mol. The number of aryl methyl sites for hydroxylation is 1. The lowest BCUT2D eigenvalue weighted by Crippen LogP contribution is -2.23. The van der Waals surface area contributed by atoms with Gasteiger partial charge in [0.25, 0.3) is 0 Å². The molecule has 0 atom stereocenters. The van der Waals surface area contributed by atoms with Crippen LogP contribution in [0.25, 0.3) is 11.3 Å². The molecule has 0 unspecified atom stereocenters. The van der Waals surface area contributed by atoms with Crippen molar-refractivity contribution in [2.24, 2.45) is 0 Å². The van der Waals surface area contributed by atoms with Gasteiger partial charge in [0, 0.05) is 30.6 Å². The summed E-state index contributed by atoms with van der Waals surface area (Å²) in [6.07, 6.45) is 1.91. The van der Waals surface area contributed by atoms with Crippen molar-refractivity contribution in [2.75, 3.05) is 11.0 Å². The Morgan fingerprint density at radius 1 is 1.00 bits per heavy atom. The predicted molar refractivity (Wildman–Crippen MR) is 109 cm³/mol. The highest BCUT2D eigenvalue weighted by atomic mass is 32.2. The molecule has 6 nitrogen and oxygen atoms in total. The summed E-state index contributed by atoms with van der Waals surface area (Å²) in [5.41, 5.74) is 2.28. The van der Waals surface area contributed by atoms with Crippen LogP contribution in [0.2, 0.25) is 0 Å². The van der Waals surface area contributed by atoms with Gasteiger partial charge in [0.2, 0.25) is 15.9 Å². The second-order valence-electron chi connectivity index (χ2n) is 6.48. The molecule has 1 aromatic heterocycles. The van der Waals surface area contributed by atoms with Crippen molar-refractivity contribution < 1.29 is 17.6 Å². The SMILES string of the molecule is CS(=O)(=O)Nc1cccc(CNC(=O)CCc2ccc(-c3ccccc3)o2)c1. The van der Waals surface area contributed by atoms with Crippen LogP contribution in [-0.4, -0.2) is 20.6 Å². The fourth-order valence-electron chi connectivity index (χ4n) is 2.75. The number of benzene rings is 2. The number of furan rings is 1. The van der Waals surface area contributed by atoms with Crippen LogP contribution in [-0.2, 0) is 27.8 Å². The van der Waals surface area contributed by atoms with Gasteiger partial charge in [0.15, 0.2) is 0 Å². The first kappa shape index (κ1) is 19.7. The standard InChI is InChI=1S/C21H22N2O4S/c1-28(25,26)23-18-9-5-6-16(14-18)15-22-21(24)13-11-19-10-12-20(27-19)17-7-3-2-4-8-17/h2-10,12,14,23H,11,13,15H2,1H3,(H,22,24). The molecule has 2 N–H and O–H groups in total. The first-order valence-electron chi connectivity index (χ1n) is 8.87. The van der Waals surface area contributed by atoms with Crippen LogP contribution < -0.4 is 10.0 Å². The number of carbonyl (C=O) groups excluding carboxylic acids is 1. The van der Waals surface area contributed by atoms with Gasteiger partial charge in [-0.2, -0.15) is 0 Å². The van der Waals surface area contributed by atoms with E-state index in [1.807, 2.05) is 48.5 Å². The van der Waals surface area contributed by atoms with Gasteiger partial charge in [0.1, 0.15) is 11.5 Å². The van der Waals surface area contributed by atoms with E-state index >= 15 is 0 Å². The van der Waals surface area contributed by atoms with Crippen LogP contribution in [0, 0.1) is 0 Å². The predicted octanol–water partition coefficient (Wildman–Crippen LogP) is 3.57. The summed E-state index contributed by atoms with van der Waals surface area (Å²) in [5.74, 6) is 1.44. The molecule has 3 aromatic rings. The number of hydrogen-bond acceptors (Lipinski definition) is 4. The number of hydrogen-bond donors (Lipinski definition) is 2. The monoisotopic (exact) mass is 398 g/mol. The molecule has 0 saturated heterocycles. The van der Waals surface area contributed by atoms with Crippen LogP contribution in [0.3, 0.4) is 0 Å². The average molecular weight is 398 g/mol. The van der Waals surface area contributed by atoms with Crippen LogP contribution in [0.15, 0.2) is 71.1 Å². The normalized spacial score (nSPS) is 11.2. The second-order valence-corrected chi connectivity index (χ2v) is 8.23. The minimum atomic E-state index is -3.33. The van der Waals surface area contributed by atoms with E-state index in [9.17, 15) is 13.2 Å². The van der Waals surface area contributed by atoms with Crippen molar-refractivity contribution in [1.82, 2.24) is 5.32 Å². The van der Waals surface area contributed by atoms with Gasteiger partial charge in [-0.05, 0) is 29.8 Å². The summed E-state index contributed by atoms with van der Waals surface area (Å²) in [5, 5.41) is 2.84. The van der Waals surface area contributed by atoms with Crippen molar-refractivity contribution in [3.63, 3.8) is 0 Å². The maximum atomic E-state index is 12.1. The lowest BCUT2D eigenvalue weighted by atomic mass is 10.2. The smallest absolute Gasteiger partial charge is 0.229 e. The Kier molecular flexibility index (Phi) is 6.16. The maximum Gasteiger partial charge on any atom is 0.229 e. The van der Waals surface area contributed by atoms with Crippen LogP contribution >= 0.6 is 0 Å². The van der Waals surface area contributed by atoms with Crippen molar-refractivity contribution in [2.45, 2.75) is 19.4 Å². The molecule has 0 radical (unpaired) electrons. The average Bonchev–Trinajstić information content (AvgIpc) is 3.13. The fourth-order valence-corrected chi connectivity index (χ4v) is 3.31. The van der Waals surface area contributed by atoms with E-state index in [2.05, 4.69) is 10.0 Å². The molecular formula is C21H22N2O4S. The molecule has 2 aromatic carbocycles. The first-order chi connectivity index (χ1) is 13.4. The Hall–Kier alpha value is -3.06. The first-order valence-corrected chi connectivity index (χ1v) is 10.8. The minimum Gasteiger partial charge on any atom is -0.461 e. The lowest BCUT2D eigenvalue weighted by molar-refractivity contribution is -0.121. The van der Waals surface area contributed by atoms with Gasteiger partial charge in [0.05, 0.1) is 6.26 Å². The van der Waals surface area contributed by atoms with E-state index < -0.39 is 10.0 Å². The highest BCUT2D eigenvalue weighted by Crippen LogP contribution is 2.22. The molecule has 0 spiro atoms. The Morgan fingerprint density at radius 3 is 2.54 bits per heavy atom. The Morgan fingerprint density at radius 2 is 1.79 bits per heavy atom. The summed E-state index contributed by atoms with van der Waals surface area (Å²) in [4.78, 5) is 12.1. The van der Waals surface area contributed by atoms with E-state index in [0.717, 1.165) is 28.9 Å². The number of rotatable bonds is 8. The zero-order valence-electron chi connectivity index (χ0n) is 15.5. The summed E-state index contributed by atoms with van der Waals surface area (Å²) < 4.78 is 30.8. The number of anilines is 1. The largest absolute Gasteiger partial charge is 0.461 e. The third-order valence-electron chi connectivity index (χ3n) is 4.04. The van der Waals surface area contributed by atoms with Gasteiger partial charge < -0.3 is 9.73 Å². The summed E-state index contributed by atoms with van der Waals surface area (Å²) in [6, 6.07) is 20.5. The molecule has 7 heteroatoms. The quantitative estimate of drug-likeness (QED) is 0.607. The zero-order chi connectivity index (χ0) is 20.0. The maximum absolute atomic E-state index is 12.1. The minimum absolute atomic E-state index is 0.0980. The second kappa shape index (κ2) is 8.75. The Labute approximate surface area is 164 Å². The van der Waals surface area contributed by atoms with E-state index in [-0.39, 0.29) is 5.91 Å². The van der Waals surface area contributed by atoms with Crippen molar-refractivity contribution in [3.8, 4) is 11.3 Å². The third-order valence-corrected chi connectivity index (χ3v) is 4.64. The van der Waals surface area contributed by atoms with Crippen LogP contribution in [0.5, 0.6) is 0 Å². The molecule has 1 heterocycles. The molecule has 0 aliphatic rings. The van der Waals surface area contributed by atoms with E-state index in [1.165, 1.54) is 0 Å². The van der Waals surface area contributed by atoms with E-state index in [0.29, 0.717) is 25.1 Å². The molecule has 1 amide bonds. The van der Waals surface area contributed by atoms with Crippen molar-refractivity contribution in [1.29, 1.82) is 0 Å². The molecule has 0 fully saturated rings. The van der Waals surface area contributed by atoms with Gasteiger partial charge in [-0.3, -0.25) is 9.52 Å². The van der Waals surface area contributed by atoms with Crippen molar-refractivity contribution >= 4 is 21.6 Å². The van der Waals surface area contributed by atoms with E-state index in [1.54, 1.807) is 18.2 Å². The van der Waals surface area contributed by atoms with E-state index in [4.69, 9.17) is 4.42 Å². The fraction of sp³-hybridized carbons (Fsp3) is 0.190. The van der Waals surface area contributed by atoms with Gasteiger partial charge >= 0.3 is 0 Å². The molecule has 0 saturated carbocycles. The third kappa shape index (κ3) is 5.99. The number of sulfonamides is 1. The number of amides is 1. The Bertz CT molecular complexity index is 1040. The summed E-state index contributed by atoms with van der Waals surface area (Å²) in [6.45, 7) is 0.325.